The van der Waals surface area contributed by atoms with Crippen molar-refractivity contribution in [3.8, 4) is 0 Å². The predicted octanol–water partition coefficient (Wildman–Crippen LogP) is 1.29. The number of imide groups is 1. The third-order valence-corrected chi connectivity index (χ3v) is 3.26. The van der Waals surface area contributed by atoms with Crippen molar-refractivity contribution in [3.63, 3.8) is 0 Å². The van der Waals surface area contributed by atoms with Crippen molar-refractivity contribution >= 4 is 23.8 Å². The lowest BCUT2D eigenvalue weighted by Gasteiger charge is -2.21. The van der Waals surface area contributed by atoms with Crippen LogP contribution in [-0.4, -0.2) is 42.0 Å². The molecule has 1 unspecified atom stereocenters. The monoisotopic (exact) mass is 377 g/mol. The molecule has 0 aliphatic carbocycles. The zero-order chi connectivity index (χ0) is 20.4. The van der Waals surface area contributed by atoms with Crippen LogP contribution in [-0.2, 0) is 25.5 Å². The summed E-state index contributed by atoms with van der Waals surface area (Å²) in [5.74, 6) is -1.58. The Labute approximate surface area is 159 Å². The highest BCUT2D eigenvalue weighted by atomic mass is 16.5. The first-order chi connectivity index (χ1) is 12.6. The Morgan fingerprint density at radius 1 is 1.07 bits per heavy atom. The van der Waals surface area contributed by atoms with Crippen LogP contribution in [0.5, 0.6) is 0 Å². The predicted molar refractivity (Wildman–Crippen MR) is 99.8 cm³/mol. The van der Waals surface area contributed by atoms with E-state index in [1.165, 1.54) is 6.92 Å². The van der Waals surface area contributed by atoms with Gasteiger partial charge in [-0.25, -0.2) is 4.79 Å². The molecule has 8 heteroatoms. The third-order valence-electron chi connectivity index (χ3n) is 3.26. The molecule has 27 heavy (non-hydrogen) atoms. The lowest BCUT2D eigenvalue weighted by molar-refractivity contribution is -0.154. The van der Waals surface area contributed by atoms with Crippen LogP contribution in [0.3, 0.4) is 0 Å². The van der Waals surface area contributed by atoms with Crippen molar-refractivity contribution in [2.24, 2.45) is 0 Å². The summed E-state index contributed by atoms with van der Waals surface area (Å²) in [6.45, 7) is 6.78. The molecule has 1 aromatic rings. The maximum absolute atomic E-state index is 11.8. The Balaban J connectivity index is 2.27. The second-order valence-electron chi connectivity index (χ2n) is 7.09. The number of urea groups is 1. The Bertz CT molecular complexity index is 668. The van der Waals surface area contributed by atoms with Crippen LogP contribution in [0.25, 0.3) is 0 Å². The first-order valence-corrected chi connectivity index (χ1v) is 8.70. The van der Waals surface area contributed by atoms with Crippen molar-refractivity contribution in [3.05, 3.63) is 35.9 Å². The molecule has 1 atom stereocenters. The molecule has 1 rings (SSSR count). The van der Waals surface area contributed by atoms with E-state index in [1.807, 2.05) is 30.3 Å². The molecule has 0 heterocycles. The number of carbonyl (C=O) groups is 4. The molecule has 148 valence electrons. The van der Waals surface area contributed by atoms with Crippen LogP contribution < -0.4 is 16.0 Å². The molecule has 0 saturated carbocycles. The fraction of sp³-hybridized carbons (Fsp3) is 0.474. The Hall–Kier alpha value is -2.90. The van der Waals surface area contributed by atoms with Crippen molar-refractivity contribution in [1.29, 1.82) is 0 Å². The minimum Gasteiger partial charge on any atom is -0.452 e. The molecule has 8 nitrogen and oxygen atoms in total. The second-order valence-corrected chi connectivity index (χ2v) is 7.09. The number of carbonyl (C=O) groups excluding carboxylic acids is 4. The van der Waals surface area contributed by atoms with Crippen LogP contribution in [0.15, 0.2) is 30.3 Å². The summed E-state index contributed by atoms with van der Waals surface area (Å²) < 4.78 is 4.96. The molecule has 1 aromatic carbocycles. The van der Waals surface area contributed by atoms with Crippen molar-refractivity contribution in [2.45, 2.75) is 52.2 Å². The largest absolute Gasteiger partial charge is 0.452 e. The molecule has 0 spiro atoms. The molecular formula is C19H27N3O5. The summed E-state index contributed by atoms with van der Waals surface area (Å²) in [4.78, 5) is 47.0. The number of nitrogens with one attached hydrogen (secondary N) is 3. The molecule has 0 aliphatic rings. The van der Waals surface area contributed by atoms with E-state index in [0.29, 0.717) is 0 Å². The normalized spacial score (nSPS) is 11.9. The van der Waals surface area contributed by atoms with Gasteiger partial charge in [0.1, 0.15) is 0 Å². The average Bonchev–Trinajstić information content (AvgIpc) is 2.53. The van der Waals surface area contributed by atoms with Gasteiger partial charge in [-0.2, -0.15) is 0 Å². The zero-order valence-corrected chi connectivity index (χ0v) is 16.1. The van der Waals surface area contributed by atoms with Gasteiger partial charge in [-0.15, -0.1) is 0 Å². The number of esters is 1. The number of rotatable bonds is 7. The van der Waals surface area contributed by atoms with Gasteiger partial charge < -0.3 is 15.4 Å². The minimum atomic E-state index is -1.12. The maximum atomic E-state index is 11.8. The first-order valence-electron chi connectivity index (χ1n) is 8.70. The summed E-state index contributed by atoms with van der Waals surface area (Å²) in [6, 6.07) is 8.56. The molecular weight excluding hydrogens is 350 g/mol. The summed E-state index contributed by atoms with van der Waals surface area (Å²) in [5.41, 5.74) is 0.374. The van der Waals surface area contributed by atoms with Gasteiger partial charge in [0.2, 0.25) is 5.91 Å². The quantitative estimate of drug-likeness (QED) is 0.620. The first kappa shape index (κ1) is 22.1. The summed E-state index contributed by atoms with van der Waals surface area (Å²) in [7, 11) is 0. The highest BCUT2D eigenvalue weighted by Crippen LogP contribution is 2.00. The van der Waals surface area contributed by atoms with Gasteiger partial charge in [0.15, 0.2) is 6.10 Å². The molecule has 0 bridgehead atoms. The van der Waals surface area contributed by atoms with Crippen LogP contribution >= 0.6 is 0 Å². The standard InChI is InChI=1S/C19H27N3O5/c1-13(17(25)21-18(26)22-19(2,3)4)27-16(24)10-11-20-15(23)12-14-8-6-5-7-9-14/h5-9,13H,10-12H2,1-4H3,(H,20,23)(H2,21,22,25,26). The smallest absolute Gasteiger partial charge is 0.321 e. The van der Waals surface area contributed by atoms with Crippen LogP contribution in [0, 0.1) is 0 Å². The van der Waals surface area contributed by atoms with E-state index >= 15 is 0 Å². The van der Waals surface area contributed by atoms with E-state index in [-0.39, 0.29) is 25.3 Å². The summed E-state index contributed by atoms with van der Waals surface area (Å²) in [6.07, 6.45) is -0.979. The molecule has 0 fully saturated rings. The van der Waals surface area contributed by atoms with Gasteiger partial charge in [-0.1, -0.05) is 30.3 Å². The molecule has 3 N–H and O–H groups in total. The van der Waals surface area contributed by atoms with Crippen LogP contribution in [0.2, 0.25) is 0 Å². The molecule has 0 aliphatic heterocycles. The zero-order valence-electron chi connectivity index (χ0n) is 16.1. The van der Waals surface area contributed by atoms with Crippen LogP contribution in [0.4, 0.5) is 4.79 Å². The van der Waals surface area contributed by atoms with E-state index < -0.39 is 29.6 Å². The van der Waals surface area contributed by atoms with Crippen molar-refractivity contribution in [2.75, 3.05) is 6.54 Å². The summed E-state index contributed by atoms with van der Waals surface area (Å²) >= 11 is 0. The van der Waals surface area contributed by atoms with Gasteiger partial charge in [0.05, 0.1) is 12.8 Å². The van der Waals surface area contributed by atoms with E-state index in [4.69, 9.17) is 4.74 Å². The highest BCUT2D eigenvalue weighted by molar-refractivity contribution is 5.97. The Kier molecular flexibility index (Phi) is 8.44. The topological polar surface area (TPSA) is 114 Å². The van der Waals surface area contributed by atoms with Crippen molar-refractivity contribution < 1.29 is 23.9 Å². The number of benzene rings is 1. The molecule has 4 amide bonds. The third kappa shape index (κ3) is 9.98. The van der Waals surface area contributed by atoms with Crippen molar-refractivity contribution in [1.82, 2.24) is 16.0 Å². The van der Waals surface area contributed by atoms with Gasteiger partial charge in [0, 0.05) is 12.1 Å². The summed E-state index contributed by atoms with van der Waals surface area (Å²) in [5, 5.41) is 7.29. The maximum Gasteiger partial charge on any atom is 0.321 e. The SMILES string of the molecule is CC(OC(=O)CCNC(=O)Cc1ccccc1)C(=O)NC(=O)NC(C)(C)C. The number of ether oxygens (including phenoxy) is 1. The van der Waals surface area contributed by atoms with Gasteiger partial charge in [0.25, 0.3) is 5.91 Å². The van der Waals surface area contributed by atoms with E-state index in [0.717, 1.165) is 5.56 Å². The van der Waals surface area contributed by atoms with Gasteiger partial charge in [-0.3, -0.25) is 19.7 Å². The number of hydrogen-bond donors (Lipinski definition) is 3. The van der Waals surface area contributed by atoms with Crippen LogP contribution in [0.1, 0.15) is 39.7 Å². The van der Waals surface area contributed by atoms with E-state index in [2.05, 4.69) is 16.0 Å². The second kappa shape index (κ2) is 10.3. The lowest BCUT2D eigenvalue weighted by atomic mass is 10.1. The van der Waals surface area contributed by atoms with Gasteiger partial charge >= 0.3 is 12.0 Å². The number of amides is 4. The number of hydrogen-bond acceptors (Lipinski definition) is 5. The average molecular weight is 377 g/mol. The fourth-order valence-electron chi connectivity index (χ4n) is 2.04. The molecule has 0 saturated heterocycles. The lowest BCUT2D eigenvalue weighted by Crippen LogP contribution is -2.50. The minimum absolute atomic E-state index is 0.0770. The highest BCUT2D eigenvalue weighted by Gasteiger charge is 2.22. The molecule has 0 radical (unpaired) electrons. The van der Waals surface area contributed by atoms with E-state index in [9.17, 15) is 19.2 Å². The molecule has 0 aromatic heterocycles. The van der Waals surface area contributed by atoms with Gasteiger partial charge in [-0.05, 0) is 33.3 Å². The Morgan fingerprint density at radius 3 is 2.30 bits per heavy atom. The fourth-order valence-corrected chi connectivity index (χ4v) is 2.04. The van der Waals surface area contributed by atoms with E-state index in [1.54, 1.807) is 20.8 Å². The Morgan fingerprint density at radius 2 is 1.70 bits per heavy atom.